The molecule has 0 saturated carbocycles. The van der Waals surface area contributed by atoms with Gasteiger partial charge in [0.1, 0.15) is 10.6 Å². The first-order valence-electron chi connectivity index (χ1n) is 6.95. The minimum Gasteiger partial charge on any atom is -0.494 e. The molecule has 0 unspecified atom stereocenters. The number of hydrogen-bond donors (Lipinski definition) is 1. The average molecular weight is 305 g/mol. The largest absolute Gasteiger partial charge is 0.494 e. The minimum absolute atomic E-state index is 0.342. The molecule has 1 heterocycles. The molecule has 0 amide bonds. The summed E-state index contributed by atoms with van der Waals surface area (Å²) in [5, 5.41) is 0. The van der Waals surface area contributed by atoms with E-state index in [0.29, 0.717) is 23.8 Å². The Balaban J connectivity index is 2.18. The minimum atomic E-state index is -0.367. The van der Waals surface area contributed by atoms with Crippen LogP contribution < -0.4 is 10.5 Å². The van der Waals surface area contributed by atoms with Crippen molar-refractivity contribution in [1.29, 1.82) is 0 Å². The van der Waals surface area contributed by atoms with Gasteiger partial charge in [0.25, 0.3) is 0 Å². The van der Waals surface area contributed by atoms with E-state index in [1.165, 1.54) is 11.3 Å². The van der Waals surface area contributed by atoms with E-state index in [0.717, 1.165) is 22.6 Å². The van der Waals surface area contributed by atoms with Crippen molar-refractivity contribution in [1.82, 2.24) is 0 Å². The smallest absolute Gasteiger partial charge is 0.350 e. The third kappa shape index (κ3) is 3.76. The fourth-order valence-corrected chi connectivity index (χ4v) is 2.82. The second kappa shape index (κ2) is 7.13. The lowest BCUT2D eigenvalue weighted by Crippen LogP contribution is -2.04. The number of nitrogen functional groups attached to an aromatic ring is 1. The zero-order valence-corrected chi connectivity index (χ0v) is 13.0. The molecule has 0 fully saturated rings. The van der Waals surface area contributed by atoms with E-state index >= 15 is 0 Å². The number of anilines is 1. The predicted octanol–water partition coefficient (Wildman–Crippen LogP) is 3.96. The van der Waals surface area contributed by atoms with Crippen molar-refractivity contribution < 1.29 is 14.3 Å². The second-order valence-corrected chi connectivity index (χ2v) is 5.54. The van der Waals surface area contributed by atoms with Crippen LogP contribution in [0.5, 0.6) is 5.75 Å². The molecule has 4 nitrogen and oxygen atoms in total. The van der Waals surface area contributed by atoms with Crippen LogP contribution in [0.25, 0.3) is 10.4 Å². The summed E-state index contributed by atoms with van der Waals surface area (Å²) < 4.78 is 10.5. The molecule has 0 bridgehead atoms. The molecule has 1 aromatic heterocycles. The molecule has 21 heavy (non-hydrogen) atoms. The van der Waals surface area contributed by atoms with Crippen LogP contribution in [0.2, 0.25) is 0 Å². The van der Waals surface area contributed by atoms with Gasteiger partial charge in [-0.05, 0) is 49.2 Å². The number of rotatable bonds is 6. The zero-order valence-electron chi connectivity index (χ0n) is 12.2. The normalized spacial score (nSPS) is 10.4. The topological polar surface area (TPSA) is 61.5 Å². The SMILES string of the molecule is CCCOc1ccc(-c2cc(N)c(C(=O)OCC)s2)cc1. The quantitative estimate of drug-likeness (QED) is 0.820. The Morgan fingerprint density at radius 2 is 1.95 bits per heavy atom. The van der Waals surface area contributed by atoms with Gasteiger partial charge in [-0.2, -0.15) is 0 Å². The first kappa shape index (κ1) is 15.4. The van der Waals surface area contributed by atoms with E-state index in [-0.39, 0.29) is 5.97 Å². The van der Waals surface area contributed by atoms with E-state index in [1.54, 1.807) is 13.0 Å². The van der Waals surface area contributed by atoms with Crippen molar-refractivity contribution in [2.75, 3.05) is 18.9 Å². The summed E-state index contributed by atoms with van der Waals surface area (Å²) >= 11 is 1.34. The van der Waals surface area contributed by atoms with Crippen molar-refractivity contribution in [2.24, 2.45) is 0 Å². The van der Waals surface area contributed by atoms with Crippen LogP contribution in [0.15, 0.2) is 30.3 Å². The number of esters is 1. The van der Waals surface area contributed by atoms with Crippen LogP contribution in [0, 0.1) is 0 Å². The van der Waals surface area contributed by atoms with Gasteiger partial charge in [-0.3, -0.25) is 0 Å². The van der Waals surface area contributed by atoms with Gasteiger partial charge in [0, 0.05) is 4.88 Å². The summed E-state index contributed by atoms with van der Waals surface area (Å²) in [6.45, 7) is 4.89. The lowest BCUT2D eigenvalue weighted by atomic mass is 10.2. The lowest BCUT2D eigenvalue weighted by molar-refractivity contribution is 0.0533. The van der Waals surface area contributed by atoms with Crippen LogP contribution in [-0.4, -0.2) is 19.2 Å². The molecule has 0 aliphatic rings. The maximum Gasteiger partial charge on any atom is 0.350 e. The van der Waals surface area contributed by atoms with Crippen LogP contribution in [0.4, 0.5) is 5.69 Å². The Kier molecular flexibility index (Phi) is 5.22. The van der Waals surface area contributed by atoms with E-state index in [1.807, 2.05) is 24.3 Å². The molecule has 0 spiro atoms. The van der Waals surface area contributed by atoms with E-state index in [2.05, 4.69) is 6.92 Å². The molecule has 2 aromatic rings. The fourth-order valence-electron chi connectivity index (χ4n) is 1.84. The van der Waals surface area contributed by atoms with Crippen molar-refractivity contribution in [3.8, 4) is 16.2 Å². The van der Waals surface area contributed by atoms with Crippen molar-refractivity contribution in [3.05, 3.63) is 35.2 Å². The summed E-state index contributed by atoms with van der Waals surface area (Å²) in [5.74, 6) is 0.477. The molecule has 1 aromatic carbocycles. The highest BCUT2D eigenvalue weighted by Crippen LogP contribution is 2.34. The van der Waals surface area contributed by atoms with Crippen molar-refractivity contribution in [3.63, 3.8) is 0 Å². The Bertz CT molecular complexity index is 604. The number of benzene rings is 1. The molecule has 2 N–H and O–H groups in total. The Hall–Kier alpha value is -2.01. The Labute approximate surface area is 128 Å². The summed E-state index contributed by atoms with van der Waals surface area (Å²) in [5.41, 5.74) is 7.35. The molecule has 2 rings (SSSR count). The van der Waals surface area contributed by atoms with Gasteiger partial charge in [-0.25, -0.2) is 4.79 Å². The molecule has 5 heteroatoms. The summed E-state index contributed by atoms with van der Waals surface area (Å²) in [4.78, 5) is 13.2. The van der Waals surface area contributed by atoms with E-state index < -0.39 is 0 Å². The predicted molar refractivity (Wildman–Crippen MR) is 85.9 cm³/mol. The standard InChI is InChI=1S/C16H19NO3S/c1-3-9-20-12-7-5-11(6-8-12)14-10-13(17)15(21-14)16(18)19-4-2/h5-8,10H,3-4,9,17H2,1-2H3. The van der Waals surface area contributed by atoms with Crippen LogP contribution in [-0.2, 0) is 4.74 Å². The Morgan fingerprint density at radius 3 is 2.57 bits per heavy atom. The van der Waals surface area contributed by atoms with E-state index in [4.69, 9.17) is 15.2 Å². The number of thiophene rings is 1. The van der Waals surface area contributed by atoms with Gasteiger partial charge < -0.3 is 15.2 Å². The molecule has 112 valence electrons. The van der Waals surface area contributed by atoms with Gasteiger partial charge >= 0.3 is 5.97 Å². The number of carbonyl (C=O) groups is 1. The van der Waals surface area contributed by atoms with Gasteiger partial charge in [0.15, 0.2) is 0 Å². The van der Waals surface area contributed by atoms with Crippen LogP contribution in [0.1, 0.15) is 29.9 Å². The maximum atomic E-state index is 11.8. The summed E-state index contributed by atoms with van der Waals surface area (Å²) in [6.07, 6.45) is 0.978. The fraction of sp³-hybridized carbons (Fsp3) is 0.312. The number of nitrogens with two attached hydrogens (primary N) is 1. The number of hydrogen-bond acceptors (Lipinski definition) is 5. The first-order valence-corrected chi connectivity index (χ1v) is 7.77. The second-order valence-electron chi connectivity index (χ2n) is 4.49. The molecule has 0 saturated heterocycles. The van der Waals surface area contributed by atoms with Gasteiger partial charge in [0.2, 0.25) is 0 Å². The Morgan fingerprint density at radius 1 is 1.24 bits per heavy atom. The highest BCUT2D eigenvalue weighted by molar-refractivity contribution is 7.18. The van der Waals surface area contributed by atoms with Gasteiger partial charge in [-0.1, -0.05) is 6.92 Å². The maximum absolute atomic E-state index is 11.8. The van der Waals surface area contributed by atoms with Crippen LogP contribution >= 0.6 is 11.3 Å². The van der Waals surface area contributed by atoms with E-state index in [9.17, 15) is 4.79 Å². The number of carbonyl (C=O) groups excluding carboxylic acids is 1. The van der Waals surface area contributed by atoms with Crippen molar-refractivity contribution >= 4 is 23.0 Å². The van der Waals surface area contributed by atoms with Gasteiger partial charge in [-0.15, -0.1) is 11.3 Å². The third-order valence-corrected chi connectivity index (χ3v) is 4.01. The molecule has 0 aliphatic heterocycles. The summed E-state index contributed by atoms with van der Waals surface area (Å²) in [7, 11) is 0. The monoisotopic (exact) mass is 305 g/mol. The summed E-state index contributed by atoms with van der Waals surface area (Å²) in [6, 6.07) is 9.57. The highest BCUT2D eigenvalue weighted by Gasteiger charge is 2.16. The lowest BCUT2D eigenvalue weighted by Gasteiger charge is -2.04. The van der Waals surface area contributed by atoms with Gasteiger partial charge in [0.05, 0.1) is 18.9 Å². The zero-order chi connectivity index (χ0) is 15.2. The first-order chi connectivity index (χ1) is 10.2. The molecule has 0 radical (unpaired) electrons. The third-order valence-electron chi connectivity index (χ3n) is 2.83. The molecule has 0 atom stereocenters. The number of ether oxygens (including phenoxy) is 2. The molecular formula is C16H19NO3S. The van der Waals surface area contributed by atoms with Crippen molar-refractivity contribution in [2.45, 2.75) is 20.3 Å². The molecule has 0 aliphatic carbocycles. The average Bonchev–Trinajstić information content (AvgIpc) is 2.88. The molecular weight excluding hydrogens is 286 g/mol. The van der Waals surface area contributed by atoms with Crippen LogP contribution in [0.3, 0.4) is 0 Å². The highest BCUT2D eigenvalue weighted by atomic mass is 32.1.